The fraction of sp³-hybridized carbons (Fsp3) is 0.190. The van der Waals surface area contributed by atoms with Crippen LogP contribution in [0.25, 0.3) is 21.7 Å². The van der Waals surface area contributed by atoms with E-state index >= 15 is 0 Å². The van der Waals surface area contributed by atoms with Crippen molar-refractivity contribution in [2.24, 2.45) is 0 Å². The van der Waals surface area contributed by atoms with Crippen LogP contribution in [0.15, 0.2) is 59.1 Å². The van der Waals surface area contributed by atoms with Gasteiger partial charge in [0.25, 0.3) is 0 Å². The highest BCUT2D eigenvalue weighted by atomic mass is 16.5. The topological polar surface area (TPSA) is 44.5 Å². The SMILES string of the molecule is CCCc1noc2ccc3cc(Oc4cccc(OC)c4)ccc3c12. The molecule has 0 spiro atoms. The Kier molecular flexibility index (Phi) is 4.02. The summed E-state index contributed by atoms with van der Waals surface area (Å²) in [7, 11) is 1.65. The third kappa shape index (κ3) is 2.91. The summed E-state index contributed by atoms with van der Waals surface area (Å²) < 4.78 is 16.7. The number of aromatic nitrogens is 1. The molecule has 0 aliphatic carbocycles. The van der Waals surface area contributed by atoms with Gasteiger partial charge in [-0.15, -0.1) is 0 Å². The first kappa shape index (κ1) is 15.5. The molecule has 0 amide bonds. The van der Waals surface area contributed by atoms with Crippen LogP contribution in [0, 0.1) is 0 Å². The van der Waals surface area contributed by atoms with Gasteiger partial charge in [0, 0.05) is 6.07 Å². The van der Waals surface area contributed by atoms with Crippen LogP contribution in [0.3, 0.4) is 0 Å². The molecule has 3 aromatic carbocycles. The maximum absolute atomic E-state index is 5.98. The molecular weight excluding hydrogens is 314 g/mol. The van der Waals surface area contributed by atoms with Gasteiger partial charge in [-0.25, -0.2) is 0 Å². The third-order valence-electron chi connectivity index (χ3n) is 4.26. The highest BCUT2D eigenvalue weighted by Gasteiger charge is 2.12. The smallest absolute Gasteiger partial charge is 0.167 e. The molecule has 1 heterocycles. The number of nitrogens with zero attached hydrogens (tertiary/aromatic N) is 1. The van der Waals surface area contributed by atoms with E-state index in [4.69, 9.17) is 14.0 Å². The second kappa shape index (κ2) is 6.48. The minimum absolute atomic E-state index is 0.747. The number of hydrogen-bond donors (Lipinski definition) is 0. The summed E-state index contributed by atoms with van der Waals surface area (Å²) in [6.07, 6.45) is 1.95. The van der Waals surface area contributed by atoms with E-state index in [1.807, 2.05) is 48.5 Å². The number of fused-ring (bicyclic) bond motifs is 3. The van der Waals surface area contributed by atoms with Crippen molar-refractivity contribution in [2.45, 2.75) is 19.8 Å². The van der Waals surface area contributed by atoms with Gasteiger partial charge in [0.1, 0.15) is 17.2 Å². The number of ether oxygens (including phenoxy) is 2. The van der Waals surface area contributed by atoms with E-state index in [2.05, 4.69) is 18.1 Å². The Bertz CT molecular complexity index is 1040. The molecule has 4 heteroatoms. The lowest BCUT2D eigenvalue weighted by Gasteiger charge is -2.09. The van der Waals surface area contributed by atoms with E-state index in [1.165, 1.54) is 0 Å². The molecule has 0 unspecified atom stereocenters. The summed E-state index contributed by atoms with van der Waals surface area (Å²) in [6, 6.07) is 17.7. The number of rotatable bonds is 5. The molecule has 0 bridgehead atoms. The van der Waals surface area contributed by atoms with Gasteiger partial charge in [-0.2, -0.15) is 0 Å². The van der Waals surface area contributed by atoms with E-state index in [1.54, 1.807) is 7.11 Å². The molecule has 4 aromatic rings. The van der Waals surface area contributed by atoms with Gasteiger partial charge in [0.15, 0.2) is 5.58 Å². The Balaban J connectivity index is 1.75. The molecule has 0 aliphatic heterocycles. The normalized spacial score (nSPS) is 11.1. The lowest BCUT2D eigenvalue weighted by Crippen LogP contribution is -1.88. The van der Waals surface area contributed by atoms with Gasteiger partial charge in [-0.3, -0.25) is 0 Å². The Hall–Kier alpha value is -3.01. The zero-order valence-electron chi connectivity index (χ0n) is 14.3. The second-order valence-corrected chi connectivity index (χ2v) is 5.98. The van der Waals surface area contributed by atoms with Crippen molar-refractivity contribution in [3.05, 3.63) is 60.3 Å². The first-order valence-electron chi connectivity index (χ1n) is 8.41. The van der Waals surface area contributed by atoms with Crippen LogP contribution in [-0.2, 0) is 6.42 Å². The number of benzene rings is 3. The molecule has 4 rings (SSSR count). The number of aryl methyl sites for hydroxylation is 1. The fourth-order valence-electron chi connectivity index (χ4n) is 3.08. The van der Waals surface area contributed by atoms with Crippen LogP contribution in [0.5, 0.6) is 17.2 Å². The van der Waals surface area contributed by atoms with Crippen molar-refractivity contribution >= 4 is 21.7 Å². The molecule has 1 aromatic heterocycles. The first-order chi connectivity index (χ1) is 12.3. The van der Waals surface area contributed by atoms with E-state index in [0.717, 1.165) is 57.5 Å². The predicted molar refractivity (Wildman–Crippen MR) is 98.6 cm³/mol. The van der Waals surface area contributed by atoms with E-state index in [9.17, 15) is 0 Å². The average Bonchev–Trinajstić information content (AvgIpc) is 3.05. The zero-order valence-corrected chi connectivity index (χ0v) is 14.3. The van der Waals surface area contributed by atoms with Gasteiger partial charge in [0.05, 0.1) is 18.2 Å². The van der Waals surface area contributed by atoms with Crippen LogP contribution in [0.2, 0.25) is 0 Å². The van der Waals surface area contributed by atoms with Gasteiger partial charge in [-0.1, -0.05) is 30.6 Å². The lowest BCUT2D eigenvalue weighted by atomic mass is 10.0. The minimum atomic E-state index is 0.747. The average molecular weight is 333 g/mol. The van der Waals surface area contributed by atoms with Crippen molar-refractivity contribution in [3.8, 4) is 17.2 Å². The van der Waals surface area contributed by atoms with Crippen LogP contribution in [0.4, 0.5) is 0 Å². The Morgan fingerprint density at radius 1 is 0.960 bits per heavy atom. The van der Waals surface area contributed by atoms with Crippen LogP contribution >= 0.6 is 0 Å². The van der Waals surface area contributed by atoms with Gasteiger partial charge >= 0.3 is 0 Å². The highest BCUT2D eigenvalue weighted by molar-refractivity contribution is 6.07. The molecule has 0 atom stereocenters. The highest BCUT2D eigenvalue weighted by Crippen LogP contribution is 2.33. The summed E-state index contributed by atoms with van der Waals surface area (Å²) in [5, 5.41) is 7.57. The summed E-state index contributed by atoms with van der Waals surface area (Å²) >= 11 is 0. The summed E-state index contributed by atoms with van der Waals surface area (Å²) in [4.78, 5) is 0. The summed E-state index contributed by atoms with van der Waals surface area (Å²) in [5.74, 6) is 2.30. The molecule has 0 N–H and O–H groups in total. The zero-order chi connectivity index (χ0) is 17.2. The van der Waals surface area contributed by atoms with Crippen molar-refractivity contribution in [1.29, 1.82) is 0 Å². The number of hydrogen-bond acceptors (Lipinski definition) is 4. The molecule has 4 nitrogen and oxygen atoms in total. The maximum Gasteiger partial charge on any atom is 0.167 e. The fourth-order valence-corrected chi connectivity index (χ4v) is 3.08. The van der Waals surface area contributed by atoms with Crippen molar-refractivity contribution < 1.29 is 14.0 Å². The quantitative estimate of drug-likeness (QED) is 0.467. The van der Waals surface area contributed by atoms with Crippen LogP contribution in [-0.4, -0.2) is 12.3 Å². The van der Waals surface area contributed by atoms with E-state index in [-0.39, 0.29) is 0 Å². The van der Waals surface area contributed by atoms with Gasteiger partial charge in [-0.05, 0) is 53.6 Å². The predicted octanol–water partition coefficient (Wildman–Crippen LogP) is 5.73. The molecule has 0 radical (unpaired) electrons. The maximum atomic E-state index is 5.98. The minimum Gasteiger partial charge on any atom is -0.497 e. The largest absolute Gasteiger partial charge is 0.497 e. The molecule has 25 heavy (non-hydrogen) atoms. The molecule has 0 saturated heterocycles. The Labute approximate surface area is 146 Å². The number of methoxy groups -OCH3 is 1. The molecular formula is C21H19NO3. The van der Waals surface area contributed by atoms with Crippen LogP contribution < -0.4 is 9.47 Å². The van der Waals surface area contributed by atoms with Crippen LogP contribution in [0.1, 0.15) is 19.0 Å². The molecule has 0 saturated carbocycles. The van der Waals surface area contributed by atoms with Crippen molar-refractivity contribution in [2.75, 3.05) is 7.11 Å². The molecule has 0 aliphatic rings. The molecule has 126 valence electrons. The van der Waals surface area contributed by atoms with Gasteiger partial charge in [0.2, 0.25) is 0 Å². The summed E-state index contributed by atoms with van der Waals surface area (Å²) in [5.41, 5.74) is 1.85. The van der Waals surface area contributed by atoms with E-state index in [0.29, 0.717) is 0 Å². The van der Waals surface area contributed by atoms with E-state index < -0.39 is 0 Å². The van der Waals surface area contributed by atoms with Gasteiger partial charge < -0.3 is 14.0 Å². The molecule has 0 fully saturated rings. The third-order valence-corrected chi connectivity index (χ3v) is 4.26. The standard InChI is InChI=1S/C21H19NO3/c1-3-5-19-21-18-10-9-17(12-14(18)8-11-20(21)25-22-19)24-16-7-4-6-15(13-16)23-2/h4,6-13H,3,5H2,1-2H3. The Morgan fingerprint density at radius 3 is 2.64 bits per heavy atom. The monoisotopic (exact) mass is 333 g/mol. The van der Waals surface area contributed by atoms with Crippen molar-refractivity contribution in [1.82, 2.24) is 5.16 Å². The van der Waals surface area contributed by atoms with Crippen molar-refractivity contribution in [3.63, 3.8) is 0 Å². The summed E-state index contributed by atoms with van der Waals surface area (Å²) in [6.45, 7) is 2.14. The Morgan fingerprint density at radius 2 is 1.80 bits per heavy atom. The first-order valence-corrected chi connectivity index (χ1v) is 8.41. The lowest BCUT2D eigenvalue weighted by molar-refractivity contribution is 0.409. The second-order valence-electron chi connectivity index (χ2n) is 5.98.